The van der Waals surface area contributed by atoms with Crippen molar-refractivity contribution in [1.82, 2.24) is 10.2 Å². The number of urea groups is 1. The summed E-state index contributed by atoms with van der Waals surface area (Å²) >= 11 is 0. The molecule has 28 heavy (non-hydrogen) atoms. The highest BCUT2D eigenvalue weighted by atomic mass is 16.2. The summed E-state index contributed by atoms with van der Waals surface area (Å²) < 4.78 is 0. The lowest BCUT2D eigenvalue weighted by Gasteiger charge is -2.31. The molecule has 0 bridgehead atoms. The van der Waals surface area contributed by atoms with Gasteiger partial charge in [-0.1, -0.05) is 47.5 Å². The van der Waals surface area contributed by atoms with E-state index in [2.05, 4.69) is 16.7 Å². The van der Waals surface area contributed by atoms with Crippen LogP contribution in [0.4, 0.5) is 10.5 Å². The maximum Gasteiger partial charge on any atom is 0.321 e. The third kappa shape index (κ3) is 5.84. The van der Waals surface area contributed by atoms with Crippen LogP contribution in [0.15, 0.2) is 48.5 Å². The molecule has 5 heteroatoms. The zero-order valence-corrected chi connectivity index (χ0v) is 16.7. The summed E-state index contributed by atoms with van der Waals surface area (Å²) in [4.78, 5) is 26.5. The second-order valence-electron chi connectivity index (χ2n) is 7.70. The standard InChI is InChI=1S/C23H29N3O2/c1-17-6-8-21(9-7-17)25-23(28)26-12-10-19(11-13-26)15-22(27)24-16-20-5-3-4-18(2)14-20/h3-9,14,19H,10-13,15-16H2,1-2H3,(H,24,27)(H,25,28). The molecule has 2 N–H and O–H groups in total. The highest BCUT2D eigenvalue weighted by molar-refractivity contribution is 5.89. The maximum atomic E-state index is 12.4. The Balaban J connectivity index is 1.39. The van der Waals surface area contributed by atoms with Crippen LogP contribution in [-0.4, -0.2) is 29.9 Å². The van der Waals surface area contributed by atoms with Gasteiger partial charge >= 0.3 is 6.03 Å². The molecule has 0 aromatic heterocycles. The number of aryl methyl sites for hydroxylation is 2. The molecule has 0 unspecified atom stereocenters. The van der Waals surface area contributed by atoms with Crippen molar-refractivity contribution in [2.45, 2.75) is 39.7 Å². The molecule has 1 aliphatic rings. The van der Waals surface area contributed by atoms with Gasteiger partial charge in [-0.2, -0.15) is 0 Å². The number of likely N-dealkylation sites (tertiary alicyclic amines) is 1. The van der Waals surface area contributed by atoms with Crippen LogP contribution in [0.2, 0.25) is 0 Å². The third-order valence-electron chi connectivity index (χ3n) is 5.25. The van der Waals surface area contributed by atoms with E-state index in [9.17, 15) is 9.59 Å². The molecule has 0 radical (unpaired) electrons. The highest BCUT2D eigenvalue weighted by Gasteiger charge is 2.24. The van der Waals surface area contributed by atoms with Crippen molar-refractivity contribution in [3.8, 4) is 0 Å². The summed E-state index contributed by atoms with van der Waals surface area (Å²) in [6, 6.07) is 15.9. The number of piperidine rings is 1. The summed E-state index contributed by atoms with van der Waals surface area (Å²) in [7, 11) is 0. The molecule has 1 heterocycles. The Labute approximate surface area is 167 Å². The SMILES string of the molecule is Cc1ccc(NC(=O)N2CCC(CC(=O)NCc3cccc(C)c3)CC2)cc1. The van der Waals surface area contributed by atoms with E-state index in [1.807, 2.05) is 61.2 Å². The number of carbonyl (C=O) groups is 2. The van der Waals surface area contributed by atoms with Gasteiger partial charge in [-0.25, -0.2) is 4.79 Å². The van der Waals surface area contributed by atoms with Crippen molar-refractivity contribution in [1.29, 1.82) is 0 Å². The fourth-order valence-corrected chi connectivity index (χ4v) is 3.54. The lowest BCUT2D eigenvalue weighted by atomic mass is 9.93. The Bertz CT molecular complexity index is 809. The zero-order valence-electron chi connectivity index (χ0n) is 16.7. The van der Waals surface area contributed by atoms with Gasteiger partial charge in [0.1, 0.15) is 0 Å². The number of hydrogen-bond acceptors (Lipinski definition) is 2. The number of rotatable bonds is 5. The average Bonchev–Trinajstić information content (AvgIpc) is 2.69. The van der Waals surface area contributed by atoms with Gasteiger partial charge in [0, 0.05) is 31.7 Å². The molecule has 1 aliphatic heterocycles. The van der Waals surface area contributed by atoms with Crippen molar-refractivity contribution < 1.29 is 9.59 Å². The zero-order chi connectivity index (χ0) is 19.9. The Morgan fingerprint density at radius 2 is 1.71 bits per heavy atom. The first-order valence-corrected chi connectivity index (χ1v) is 9.94. The van der Waals surface area contributed by atoms with Gasteiger partial charge in [-0.3, -0.25) is 4.79 Å². The molecule has 0 saturated carbocycles. The third-order valence-corrected chi connectivity index (χ3v) is 5.25. The van der Waals surface area contributed by atoms with Crippen molar-refractivity contribution in [3.63, 3.8) is 0 Å². The van der Waals surface area contributed by atoms with Crippen LogP contribution in [0.25, 0.3) is 0 Å². The van der Waals surface area contributed by atoms with Gasteiger partial charge in [0.25, 0.3) is 0 Å². The van der Waals surface area contributed by atoms with E-state index >= 15 is 0 Å². The second kappa shape index (κ2) is 9.40. The molecule has 148 valence electrons. The molecule has 0 atom stereocenters. The molecular weight excluding hydrogens is 350 g/mol. The van der Waals surface area contributed by atoms with Crippen LogP contribution in [0.3, 0.4) is 0 Å². The molecule has 3 rings (SSSR count). The number of nitrogens with zero attached hydrogens (tertiary/aromatic N) is 1. The lowest BCUT2D eigenvalue weighted by molar-refractivity contribution is -0.122. The largest absolute Gasteiger partial charge is 0.352 e. The monoisotopic (exact) mass is 379 g/mol. The molecular formula is C23H29N3O2. The van der Waals surface area contributed by atoms with Crippen LogP contribution >= 0.6 is 0 Å². The number of carbonyl (C=O) groups excluding carboxylic acids is 2. The average molecular weight is 380 g/mol. The fourth-order valence-electron chi connectivity index (χ4n) is 3.54. The molecule has 2 aromatic carbocycles. The Kier molecular flexibility index (Phi) is 6.69. The van der Waals surface area contributed by atoms with E-state index in [0.717, 1.165) is 24.1 Å². The van der Waals surface area contributed by atoms with Crippen molar-refractivity contribution >= 4 is 17.6 Å². The van der Waals surface area contributed by atoms with Gasteiger partial charge in [-0.05, 0) is 50.3 Å². The highest BCUT2D eigenvalue weighted by Crippen LogP contribution is 2.21. The van der Waals surface area contributed by atoms with Gasteiger partial charge in [-0.15, -0.1) is 0 Å². The van der Waals surface area contributed by atoms with E-state index in [0.29, 0.717) is 32.0 Å². The predicted molar refractivity (Wildman–Crippen MR) is 112 cm³/mol. The van der Waals surface area contributed by atoms with Crippen molar-refractivity contribution in [2.24, 2.45) is 5.92 Å². The summed E-state index contributed by atoms with van der Waals surface area (Å²) in [6.07, 6.45) is 2.25. The number of anilines is 1. The maximum absolute atomic E-state index is 12.4. The van der Waals surface area contributed by atoms with Crippen LogP contribution in [0, 0.1) is 19.8 Å². The smallest absolute Gasteiger partial charge is 0.321 e. The van der Waals surface area contributed by atoms with Crippen molar-refractivity contribution in [3.05, 3.63) is 65.2 Å². The van der Waals surface area contributed by atoms with Crippen LogP contribution < -0.4 is 10.6 Å². The molecule has 3 amide bonds. The number of benzene rings is 2. The molecule has 1 saturated heterocycles. The van der Waals surface area contributed by atoms with Gasteiger partial charge in [0.05, 0.1) is 0 Å². The minimum atomic E-state index is -0.0637. The number of nitrogens with one attached hydrogen (secondary N) is 2. The summed E-state index contributed by atoms with van der Waals surface area (Å²) in [5.41, 5.74) is 4.30. The first-order chi connectivity index (χ1) is 13.5. The molecule has 2 aromatic rings. The normalized spacial score (nSPS) is 14.6. The predicted octanol–water partition coefficient (Wildman–Crippen LogP) is 4.25. The van der Waals surface area contributed by atoms with E-state index in [-0.39, 0.29) is 11.9 Å². The second-order valence-corrected chi connectivity index (χ2v) is 7.70. The van der Waals surface area contributed by atoms with Gasteiger partial charge in [0.15, 0.2) is 0 Å². The minimum absolute atomic E-state index is 0.0637. The quantitative estimate of drug-likeness (QED) is 0.816. The molecule has 0 spiro atoms. The van der Waals surface area contributed by atoms with E-state index in [1.54, 1.807) is 0 Å². The topological polar surface area (TPSA) is 61.4 Å². The molecule has 0 aliphatic carbocycles. The Hall–Kier alpha value is -2.82. The van der Waals surface area contributed by atoms with Gasteiger partial charge < -0.3 is 15.5 Å². The summed E-state index contributed by atoms with van der Waals surface area (Å²) in [5.74, 6) is 0.421. The lowest BCUT2D eigenvalue weighted by Crippen LogP contribution is -2.41. The molecule has 5 nitrogen and oxygen atoms in total. The van der Waals surface area contributed by atoms with Crippen molar-refractivity contribution in [2.75, 3.05) is 18.4 Å². The Morgan fingerprint density at radius 3 is 2.39 bits per heavy atom. The van der Waals surface area contributed by atoms with E-state index in [1.165, 1.54) is 11.1 Å². The fraction of sp³-hybridized carbons (Fsp3) is 0.391. The first-order valence-electron chi connectivity index (χ1n) is 9.94. The summed E-state index contributed by atoms with van der Waals surface area (Å²) in [6.45, 7) is 6.01. The number of amides is 3. The number of hydrogen-bond donors (Lipinski definition) is 2. The Morgan fingerprint density at radius 1 is 1.00 bits per heavy atom. The van der Waals surface area contributed by atoms with E-state index in [4.69, 9.17) is 0 Å². The van der Waals surface area contributed by atoms with Crippen LogP contribution in [-0.2, 0) is 11.3 Å². The minimum Gasteiger partial charge on any atom is -0.352 e. The molecule has 1 fully saturated rings. The summed E-state index contributed by atoms with van der Waals surface area (Å²) in [5, 5.41) is 5.96. The van der Waals surface area contributed by atoms with Crippen LogP contribution in [0.5, 0.6) is 0 Å². The van der Waals surface area contributed by atoms with Crippen LogP contribution in [0.1, 0.15) is 36.0 Å². The first kappa shape index (κ1) is 19.9. The van der Waals surface area contributed by atoms with Gasteiger partial charge in [0.2, 0.25) is 5.91 Å². The van der Waals surface area contributed by atoms with E-state index < -0.39 is 0 Å².